The second-order valence-electron chi connectivity index (χ2n) is 2.48. The Hall–Kier alpha value is -0.570. The first-order valence-corrected chi connectivity index (χ1v) is 3.60. The number of hydrogen-bond acceptors (Lipinski definition) is 7. The van der Waals surface area contributed by atoms with Gasteiger partial charge in [-0.3, -0.25) is 4.79 Å². The maximum Gasteiger partial charge on any atom is 0.193 e. The Morgan fingerprint density at radius 1 is 1.31 bits per heavy atom. The molecule has 0 aliphatic carbocycles. The molecule has 0 aliphatic rings. The Labute approximate surface area is 74.2 Å². The molecule has 0 rings (SSSR count). The molecule has 3 unspecified atom stereocenters. The molecule has 0 fully saturated rings. The van der Waals surface area contributed by atoms with Crippen LogP contribution in [0.5, 0.6) is 0 Å². The quantitative estimate of drug-likeness (QED) is 0.244. The number of carbonyl (C=O) groups is 1. The fourth-order valence-electron chi connectivity index (χ4n) is 0.674. The normalized spacial score (nSPS) is 17.9. The lowest BCUT2D eigenvalue weighted by molar-refractivity contribution is -0.143. The van der Waals surface area contributed by atoms with E-state index in [1.54, 1.807) is 0 Å². The number of rotatable bonds is 6. The lowest BCUT2D eigenvalue weighted by Gasteiger charge is -2.17. The maximum atomic E-state index is 10.9. The predicted octanol–water partition coefficient (Wildman–Crippen LogP) is -3.39. The van der Waals surface area contributed by atoms with E-state index in [0.29, 0.717) is 0 Å². The van der Waals surface area contributed by atoms with E-state index in [1.807, 2.05) is 0 Å². The van der Waals surface area contributed by atoms with Gasteiger partial charge in [-0.2, -0.15) is 0 Å². The highest BCUT2D eigenvalue weighted by Gasteiger charge is 2.28. The largest absolute Gasteiger partial charge is 0.394 e. The average molecular weight is 195 g/mol. The number of hydroxylamine groups is 1. The molecular weight excluding hydrogens is 182 g/mol. The maximum absolute atomic E-state index is 10.9. The number of nitrogens with one attached hydrogen (secondary N) is 1. The number of carbonyl (C=O) groups excluding carboxylic acids is 1. The summed E-state index contributed by atoms with van der Waals surface area (Å²) >= 11 is 0. The van der Waals surface area contributed by atoms with Gasteiger partial charge in [-0.25, -0.2) is 5.48 Å². The number of aliphatic hydroxyl groups excluding tert-OH is 4. The summed E-state index contributed by atoms with van der Waals surface area (Å²) in [4.78, 5) is 10.9. The van der Waals surface area contributed by atoms with E-state index in [2.05, 4.69) is 0 Å². The summed E-state index contributed by atoms with van der Waals surface area (Å²) in [7, 11) is 0. The van der Waals surface area contributed by atoms with Crippen LogP contribution in [-0.4, -0.2) is 62.9 Å². The lowest BCUT2D eigenvalue weighted by atomic mass is 10.1. The van der Waals surface area contributed by atoms with Crippen molar-refractivity contribution in [3.8, 4) is 0 Å². The zero-order chi connectivity index (χ0) is 10.4. The Morgan fingerprint density at radius 2 is 1.85 bits per heavy atom. The average Bonchev–Trinajstić information content (AvgIpc) is 2.14. The lowest BCUT2D eigenvalue weighted by Crippen LogP contribution is -2.45. The third-order valence-electron chi connectivity index (χ3n) is 1.46. The Morgan fingerprint density at radius 3 is 2.23 bits per heavy atom. The molecule has 0 amide bonds. The van der Waals surface area contributed by atoms with Crippen LogP contribution in [0.25, 0.3) is 0 Å². The summed E-state index contributed by atoms with van der Waals surface area (Å²) in [5, 5.41) is 43.1. The zero-order valence-corrected chi connectivity index (χ0v) is 6.79. The SMILES string of the molecule is O=C(C(O)CNO)C(O)C(O)CO. The van der Waals surface area contributed by atoms with Crippen molar-refractivity contribution < 1.29 is 30.4 Å². The molecule has 0 radical (unpaired) electrons. The second-order valence-corrected chi connectivity index (χ2v) is 2.48. The van der Waals surface area contributed by atoms with Crippen LogP contribution in [0.1, 0.15) is 0 Å². The molecule has 0 saturated carbocycles. The van der Waals surface area contributed by atoms with Gasteiger partial charge in [0.2, 0.25) is 0 Å². The van der Waals surface area contributed by atoms with Gasteiger partial charge in [-0.1, -0.05) is 0 Å². The van der Waals surface area contributed by atoms with Crippen molar-refractivity contribution in [2.24, 2.45) is 0 Å². The number of ketones is 1. The van der Waals surface area contributed by atoms with Gasteiger partial charge in [0, 0.05) is 0 Å². The van der Waals surface area contributed by atoms with Gasteiger partial charge in [0.05, 0.1) is 13.2 Å². The van der Waals surface area contributed by atoms with Crippen LogP contribution in [0.4, 0.5) is 0 Å². The van der Waals surface area contributed by atoms with Crippen LogP contribution < -0.4 is 5.48 Å². The van der Waals surface area contributed by atoms with Crippen LogP contribution in [-0.2, 0) is 4.79 Å². The van der Waals surface area contributed by atoms with Crippen molar-refractivity contribution in [1.82, 2.24) is 5.48 Å². The molecule has 7 nitrogen and oxygen atoms in total. The fraction of sp³-hybridized carbons (Fsp3) is 0.833. The third-order valence-corrected chi connectivity index (χ3v) is 1.46. The van der Waals surface area contributed by atoms with Crippen molar-refractivity contribution in [3.63, 3.8) is 0 Å². The van der Waals surface area contributed by atoms with Crippen molar-refractivity contribution >= 4 is 5.78 Å². The van der Waals surface area contributed by atoms with Crippen LogP contribution in [0, 0.1) is 0 Å². The molecule has 78 valence electrons. The standard InChI is InChI=1S/C6H13NO6/c8-2-4(10)6(12)5(11)3(9)1-7-13/h3-4,6-10,12-13H,1-2H2. The van der Waals surface area contributed by atoms with Crippen LogP contribution in [0.15, 0.2) is 0 Å². The van der Waals surface area contributed by atoms with Crippen LogP contribution in [0.3, 0.4) is 0 Å². The first kappa shape index (κ1) is 12.4. The van der Waals surface area contributed by atoms with Gasteiger partial charge < -0.3 is 25.6 Å². The monoisotopic (exact) mass is 195 g/mol. The molecule has 3 atom stereocenters. The molecule has 0 spiro atoms. The molecule has 0 aliphatic heterocycles. The van der Waals surface area contributed by atoms with Crippen molar-refractivity contribution in [2.75, 3.05) is 13.2 Å². The van der Waals surface area contributed by atoms with E-state index in [-0.39, 0.29) is 0 Å². The summed E-state index contributed by atoms with van der Waals surface area (Å²) in [6, 6.07) is 0. The molecule has 7 heteroatoms. The summed E-state index contributed by atoms with van der Waals surface area (Å²) in [5.41, 5.74) is 1.53. The summed E-state index contributed by atoms with van der Waals surface area (Å²) in [6.07, 6.45) is -5.10. The number of Topliss-reactive ketones (excluding diaryl/α,β-unsaturated/α-hetero) is 1. The minimum absolute atomic E-state index is 0.450. The van der Waals surface area contributed by atoms with Crippen molar-refractivity contribution in [3.05, 3.63) is 0 Å². The zero-order valence-electron chi connectivity index (χ0n) is 6.79. The predicted molar refractivity (Wildman–Crippen MR) is 39.9 cm³/mol. The Kier molecular flexibility index (Phi) is 5.71. The smallest absolute Gasteiger partial charge is 0.193 e. The molecule has 0 heterocycles. The Bertz CT molecular complexity index is 163. The van der Waals surface area contributed by atoms with Gasteiger partial charge >= 0.3 is 0 Å². The Balaban J connectivity index is 4.08. The highest BCUT2D eigenvalue weighted by atomic mass is 16.5. The summed E-state index contributed by atoms with van der Waals surface area (Å²) in [5.74, 6) is -1.07. The topological polar surface area (TPSA) is 130 Å². The van der Waals surface area contributed by atoms with Gasteiger partial charge in [-0.05, 0) is 0 Å². The molecule has 0 aromatic carbocycles. The third kappa shape index (κ3) is 3.77. The molecule has 6 N–H and O–H groups in total. The van der Waals surface area contributed by atoms with Crippen molar-refractivity contribution in [2.45, 2.75) is 18.3 Å². The van der Waals surface area contributed by atoms with Gasteiger partial charge in [0.25, 0.3) is 0 Å². The number of aliphatic hydroxyl groups is 4. The first-order chi connectivity index (χ1) is 6.04. The van der Waals surface area contributed by atoms with E-state index in [4.69, 9.17) is 25.6 Å². The molecule has 0 bridgehead atoms. The fourth-order valence-corrected chi connectivity index (χ4v) is 0.674. The highest BCUT2D eigenvalue weighted by molar-refractivity contribution is 5.87. The number of hydrogen-bond donors (Lipinski definition) is 6. The molecule has 0 aromatic rings. The minimum atomic E-state index is -1.85. The van der Waals surface area contributed by atoms with Crippen molar-refractivity contribution in [1.29, 1.82) is 0 Å². The molecule has 0 saturated heterocycles. The molecule has 0 aromatic heterocycles. The van der Waals surface area contributed by atoms with Crippen LogP contribution >= 0.6 is 0 Å². The first-order valence-electron chi connectivity index (χ1n) is 3.60. The highest BCUT2D eigenvalue weighted by Crippen LogP contribution is 1.98. The summed E-state index contributed by atoms with van der Waals surface area (Å²) in [6.45, 7) is -1.24. The van der Waals surface area contributed by atoms with E-state index in [1.165, 1.54) is 5.48 Å². The molecular formula is C6H13NO6. The van der Waals surface area contributed by atoms with E-state index < -0.39 is 37.2 Å². The van der Waals surface area contributed by atoms with E-state index in [9.17, 15) is 4.79 Å². The van der Waals surface area contributed by atoms with Gasteiger partial charge in [-0.15, -0.1) is 0 Å². The second kappa shape index (κ2) is 5.97. The van der Waals surface area contributed by atoms with E-state index >= 15 is 0 Å². The van der Waals surface area contributed by atoms with Gasteiger partial charge in [0.15, 0.2) is 5.78 Å². The summed E-state index contributed by atoms with van der Waals surface area (Å²) < 4.78 is 0. The van der Waals surface area contributed by atoms with E-state index in [0.717, 1.165) is 0 Å². The minimum Gasteiger partial charge on any atom is -0.394 e. The van der Waals surface area contributed by atoms with Gasteiger partial charge in [0.1, 0.15) is 18.3 Å². The molecule has 13 heavy (non-hydrogen) atoms. The van der Waals surface area contributed by atoms with Crippen LogP contribution in [0.2, 0.25) is 0 Å².